The first-order valence-electron chi connectivity index (χ1n) is 42.9. The molecule has 14 aromatic rings. The van der Waals surface area contributed by atoms with Crippen LogP contribution in [0.2, 0.25) is 25.1 Å². The minimum absolute atomic E-state index is 0.0143. The fourth-order valence-electron chi connectivity index (χ4n) is 18.2. The standard InChI is InChI=1S/C22H22Br2N2O3.C22H22BrClN2O3.C21H19BrCl2N2O2.C17H14ClN3O2.C16H19ClN2O2/c1-28-10-11-29-13-20(27)26-9-8-17-18-12-16(24)6-7-19(18)25-21(17)22(26)14-2-4-15(23)5-3-14;1-28-10-11-29-13-20(27)26-9-8-17-18-12-15(23)4-7-19(18)25-21(17)22(26)14-2-5-16(24)6-3-14;1-2-28-21(27)26-8-7-15-16-10-13(22)4-6-18(16)25-20(15)19(26)9-12-3-5-14(23)11-17(12)24;18-11-4-5-15-14(9-11)13-6-7-19-16(17(13)20-15)10-2-1-3-12(8-10)21(22)23;1-3-14-15-11(7-8-19(14)16(20)21-4-2)12-9-10(17)5-6-13(12)18-15/h2*2-7,12,22,25H,8-11,13H2,1H3;3-6,10-11,19,25H,2,7-9H2,1H3;1-5,8-9,16,19-20H,6-7H2;5-6,9,14,18H,3-4,7-8H2,1-2H3. The molecule has 5 aromatic heterocycles. The number of non-ortho nitro benzene ring substituents is 1. The van der Waals surface area contributed by atoms with Crippen LogP contribution in [0.5, 0.6) is 0 Å². The van der Waals surface area contributed by atoms with Crippen LogP contribution >= 0.6 is 122 Å². The summed E-state index contributed by atoms with van der Waals surface area (Å²) in [5.41, 5.74) is 21.0. The lowest BCUT2D eigenvalue weighted by atomic mass is 9.92. The van der Waals surface area contributed by atoms with Crippen LogP contribution in [-0.2, 0) is 76.5 Å². The van der Waals surface area contributed by atoms with Crippen LogP contribution in [0.1, 0.15) is 136 Å². The molecular formula is C98H96Br4Cl5N11O12. The second-order valence-electron chi connectivity index (χ2n) is 31.9. The molecule has 23 nitrogen and oxygen atoms in total. The van der Waals surface area contributed by atoms with Crippen LogP contribution in [0.4, 0.5) is 15.3 Å². The number of hydrogen-bond acceptors (Lipinski definition) is 13. The van der Waals surface area contributed by atoms with Crippen molar-refractivity contribution in [1.82, 2.24) is 49.8 Å². The third-order valence-electron chi connectivity index (χ3n) is 24.1. The molecular weight excluding hydrogens is 2020 g/mol. The van der Waals surface area contributed by atoms with Gasteiger partial charge in [-0.05, 0) is 230 Å². The minimum atomic E-state index is -0.363. The van der Waals surface area contributed by atoms with Gasteiger partial charge in [-0.3, -0.25) is 29.5 Å². The number of nitro benzene ring substituents is 1. The number of benzene rings is 9. The van der Waals surface area contributed by atoms with E-state index in [-0.39, 0.29) is 78.0 Å². The van der Waals surface area contributed by atoms with E-state index in [4.69, 9.17) is 86.4 Å². The zero-order valence-corrected chi connectivity index (χ0v) is 82.0. The van der Waals surface area contributed by atoms with Crippen molar-refractivity contribution in [3.63, 3.8) is 0 Å². The van der Waals surface area contributed by atoms with E-state index in [1.807, 2.05) is 138 Å². The van der Waals surface area contributed by atoms with E-state index in [2.05, 4.69) is 149 Å². The largest absolute Gasteiger partial charge is 0.450 e. The predicted octanol–water partition coefficient (Wildman–Crippen LogP) is 24.3. The molecule has 130 heavy (non-hydrogen) atoms. The summed E-state index contributed by atoms with van der Waals surface area (Å²) >= 11 is 45.0. The Morgan fingerprint density at radius 1 is 0.423 bits per heavy atom. The zero-order valence-electron chi connectivity index (χ0n) is 71.9. The lowest BCUT2D eigenvalue weighted by molar-refractivity contribution is -0.384. The number of aromatic amines is 5. The number of carbonyl (C=O) groups is 4. The maximum atomic E-state index is 13.0. The molecule has 32 heteroatoms. The van der Waals surface area contributed by atoms with Crippen LogP contribution < -0.4 is 5.32 Å². The van der Waals surface area contributed by atoms with Gasteiger partial charge in [0.1, 0.15) is 13.2 Å². The molecule has 5 aliphatic heterocycles. The van der Waals surface area contributed by atoms with E-state index in [9.17, 15) is 29.3 Å². The molecule has 0 saturated heterocycles. The number of fused-ring (bicyclic) bond motifs is 15. The molecule has 0 aliphatic carbocycles. The quantitative estimate of drug-likeness (QED) is 0.0250. The highest BCUT2D eigenvalue weighted by Crippen LogP contribution is 2.46. The van der Waals surface area contributed by atoms with Crippen molar-refractivity contribution in [1.29, 1.82) is 0 Å². The van der Waals surface area contributed by atoms with E-state index >= 15 is 0 Å². The first-order chi connectivity index (χ1) is 62.9. The third-order valence-corrected chi connectivity index (χ3v) is 27.4. The Labute approximate surface area is 810 Å². The number of nitrogens with one attached hydrogen (secondary N) is 6. The number of nitrogens with zero attached hydrogens (tertiary/aromatic N) is 5. The van der Waals surface area contributed by atoms with Crippen LogP contribution in [0.15, 0.2) is 200 Å². The summed E-state index contributed by atoms with van der Waals surface area (Å²) in [4.78, 5) is 86.5. The van der Waals surface area contributed by atoms with Crippen molar-refractivity contribution >= 4 is 206 Å². The Balaban J connectivity index is 0.000000125. The summed E-state index contributed by atoms with van der Waals surface area (Å²) in [6.07, 6.45) is 5.00. The van der Waals surface area contributed by atoms with Gasteiger partial charge in [0.15, 0.2) is 0 Å². The maximum Gasteiger partial charge on any atom is 0.410 e. The second-order valence-corrected chi connectivity index (χ2v) is 37.7. The van der Waals surface area contributed by atoms with E-state index in [0.717, 1.165) is 152 Å². The minimum Gasteiger partial charge on any atom is -0.450 e. The second kappa shape index (κ2) is 43.6. The maximum absolute atomic E-state index is 13.0. The van der Waals surface area contributed by atoms with Crippen molar-refractivity contribution in [2.24, 2.45) is 0 Å². The van der Waals surface area contributed by atoms with Crippen molar-refractivity contribution in [3.05, 3.63) is 314 Å². The summed E-state index contributed by atoms with van der Waals surface area (Å²) in [7, 11) is 3.23. The van der Waals surface area contributed by atoms with Gasteiger partial charge in [0, 0.05) is 191 Å². The number of halogens is 9. The molecule has 0 spiro atoms. The normalized spacial score (nSPS) is 16.7. The number of ether oxygens (including phenoxy) is 6. The van der Waals surface area contributed by atoms with E-state index < -0.39 is 0 Å². The SMILES string of the molecule is CCOC(=O)N1CCc2c([nH]c3ccc(Br)cc23)C1Cc1ccc(Cl)cc1Cl.CCOC(=O)N1CCc2c([nH]c3ccc(Cl)cc23)C1CC.COCCOCC(=O)N1CCc2c([nH]c3ccc(Br)cc23)C1c1ccc(Br)cc1.COCCOCC(=O)N1CCc2c([nH]c3ccc(Br)cc23)C1c1ccc(Cl)cc1.O=[N+]([O-])c1cccc(C2NCCc3c2[nH]c2ccc(Cl)cc32)c1. The summed E-state index contributed by atoms with van der Waals surface area (Å²) < 4.78 is 35.6. The average Bonchev–Trinajstić information content (AvgIpc) is 1.61. The van der Waals surface area contributed by atoms with Crippen molar-refractivity contribution in [2.45, 2.75) is 95.9 Å². The van der Waals surface area contributed by atoms with Gasteiger partial charge in [-0.2, -0.15) is 0 Å². The Morgan fingerprint density at radius 2 is 0.815 bits per heavy atom. The van der Waals surface area contributed by atoms with Gasteiger partial charge in [-0.15, -0.1) is 0 Å². The topological polar surface area (TPSA) is 271 Å². The molecule has 5 atom stereocenters. The Kier molecular flexibility index (Phi) is 32.0. The molecule has 4 amide bonds. The van der Waals surface area contributed by atoms with Crippen molar-refractivity contribution < 1.29 is 52.5 Å². The van der Waals surface area contributed by atoms with Crippen molar-refractivity contribution in [2.75, 3.05) is 99.8 Å². The molecule has 0 radical (unpaired) electrons. The third kappa shape index (κ3) is 21.5. The summed E-state index contributed by atoms with van der Waals surface area (Å²) in [6, 6.07) is 57.9. The molecule has 10 heterocycles. The van der Waals surface area contributed by atoms with Gasteiger partial charge in [-0.1, -0.05) is 171 Å². The van der Waals surface area contributed by atoms with Crippen LogP contribution in [0, 0.1) is 10.1 Å². The summed E-state index contributed by atoms with van der Waals surface area (Å²) in [5, 5.41) is 23.7. The molecule has 0 fully saturated rings. The predicted molar refractivity (Wildman–Crippen MR) is 528 cm³/mol. The number of H-pyrrole nitrogens is 5. The summed E-state index contributed by atoms with van der Waals surface area (Å²) in [6.45, 7) is 11.7. The molecule has 0 bridgehead atoms. The first kappa shape index (κ1) is 95.3. The molecule has 678 valence electrons. The number of nitro groups is 1. The Hall–Kier alpha value is -9.27. The summed E-state index contributed by atoms with van der Waals surface area (Å²) in [5.74, 6) is -0.0500. The van der Waals surface area contributed by atoms with Gasteiger partial charge in [-0.25, -0.2) is 9.59 Å². The molecule has 5 unspecified atom stereocenters. The molecule has 0 saturated carbocycles. The number of aromatic nitrogens is 5. The number of carbonyl (C=O) groups excluding carboxylic acids is 4. The highest BCUT2D eigenvalue weighted by Gasteiger charge is 2.40. The number of rotatable bonds is 19. The monoisotopic (exact) mass is 2110 g/mol. The van der Waals surface area contributed by atoms with Gasteiger partial charge in [0.05, 0.1) is 74.8 Å². The number of hydrogen-bond donors (Lipinski definition) is 6. The van der Waals surface area contributed by atoms with Gasteiger partial charge in [0.2, 0.25) is 11.8 Å². The molecule has 5 aliphatic rings. The van der Waals surface area contributed by atoms with Gasteiger partial charge >= 0.3 is 12.2 Å². The lowest BCUT2D eigenvalue weighted by Crippen LogP contribution is -2.42. The van der Waals surface area contributed by atoms with Gasteiger partial charge in [0.25, 0.3) is 5.69 Å². The Bertz CT molecular complexity index is 6300. The van der Waals surface area contributed by atoms with Crippen molar-refractivity contribution in [3.8, 4) is 0 Å². The van der Waals surface area contributed by atoms with E-state index in [0.29, 0.717) is 92.3 Å². The van der Waals surface area contributed by atoms with Crippen LogP contribution in [-0.4, -0.2) is 173 Å². The first-order valence-corrected chi connectivity index (χ1v) is 48.0. The fraction of sp³-hybridized carbons (Fsp3) is 0.306. The smallest absolute Gasteiger partial charge is 0.410 e. The number of amides is 4. The average molecular weight is 2120 g/mol. The van der Waals surface area contributed by atoms with E-state index in [1.54, 1.807) is 37.3 Å². The van der Waals surface area contributed by atoms with Crippen LogP contribution in [0.25, 0.3) is 54.5 Å². The highest BCUT2D eigenvalue weighted by molar-refractivity contribution is 9.11. The molecule has 19 rings (SSSR count). The fourth-order valence-corrected chi connectivity index (χ4v) is 20.5. The molecule has 6 N–H and O–H groups in total. The van der Waals surface area contributed by atoms with Gasteiger partial charge < -0.3 is 68.5 Å². The highest BCUT2D eigenvalue weighted by atomic mass is 79.9. The lowest BCUT2D eigenvalue weighted by Gasteiger charge is -2.36. The Morgan fingerprint density at radius 3 is 1.28 bits per heavy atom. The molecule has 9 aromatic carbocycles. The zero-order chi connectivity index (χ0) is 91.6. The van der Waals surface area contributed by atoms with Crippen LogP contribution in [0.3, 0.4) is 0 Å². The van der Waals surface area contributed by atoms with E-state index in [1.165, 1.54) is 55.4 Å². The number of methoxy groups -OCH3 is 2.